The Labute approximate surface area is 550 Å². The lowest BCUT2D eigenvalue weighted by molar-refractivity contribution is -0.210. The maximum Gasteiger partial charge on any atom is 0.276 e. The lowest BCUT2D eigenvalue weighted by Gasteiger charge is -2.48. The highest BCUT2D eigenvalue weighted by Gasteiger charge is 2.55. The zero-order chi connectivity index (χ0) is 70.7. The summed E-state index contributed by atoms with van der Waals surface area (Å²) in [5.74, 6) is -10.5. The van der Waals surface area contributed by atoms with Gasteiger partial charge in [0.2, 0.25) is 64.8 Å². The van der Waals surface area contributed by atoms with Crippen LogP contribution in [0.2, 0.25) is 0 Å². The monoisotopic (exact) mass is 1300 g/mol. The Morgan fingerprint density at radius 1 is 0.554 bits per heavy atom. The maximum absolute atomic E-state index is 16.1. The molecule has 0 aliphatic carbocycles. The Kier molecular flexibility index (Phi) is 33.0. The van der Waals surface area contributed by atoms with Crippen molar-refractivity contribution in [2.75, 3.05) is 82.1 Å². The van der Waals surface area contributed by atoms with Crippen molar-refractivity contribution in [1.82, 2.24) is 60.5 Å². The fraction of sp³-hybridized carbons (Fsp3) is 0.806. The van der Waals surface area contributed by atoms with Gasteiger partial charge in [-0.05, 0) is 114 Å². The van der Waals surface area contributed by atoms with Crippen LogP contribution in [0.15, 0.2) is 12.2 Å². The molecule has 2 aliphatic rings. The van der Waals surface area contributed by atoms with E-state index in [0.29, 0.717) is 6.54 Å². The summed E-state index contributed by atoms with van der Waals surface area (Å²) in [7, 11) is 9.88. The van der Waals surface area contributed by atoms with Gasteiger partial charge in [0.05, 0.1) is 19.3 Å². The summed E-state index contributed by atoms with van der Waals surface area (Å²) in [4.78, 5) is 174. The van der Waals surface area contributed by atoms with E-state index in [0.717, 1.165) is 29.3 Å². The predicted molar refractivity (Wildman–Crippen MR) is 354 cm³/mol. The molecule has 12 atom stereocenters. The molecule has 2 heterocycles. The van der Waals surface area contributed by atoms with Gasteiger partial charge in [0.1, 0.15) is 54.4 Å². The summed E-state index contributed by atoms with van der Waals surface area (Å²) in [6.07, 6.45) is 3.76. The molecule has 25 nitrogen and oxygen atoms in total. The van der Waals surface area contributed by atoms with Crippen LogP contribution in [-0.2, 0) is 57.5 Å². The van der Waals surface area contributed by atoms with Crippen molar-refractivity contribution in [3.8, 4) is 0 Å². The third-order valence-corrected chi connectivity index (χ3v) is 18.0. The summed E-state index contributed by atoms with van der Waals surface area (Å²) >= 11 is 0. The first-order valence-electron chi connectivity index (χ1n) is 33.4. The van der Waals surface area contributed by atoms with Crippen molar-refractivity contribution in [3.05, 3.63) is 12.2 Å². The van der Waals surface area contributed by atoms with Gasteiger partial charge in [-0.3, -0.25) is 52.7 Å². The Balaban J connectivity index is 3.11. The van der Waals surface area contributed by atoms with E-state index < -0.39 is 155 Å². The smallest absolute Gasteiger partial charge is 0.276 e. The second kappa shape index (κ2) is 37.0. The first kappa shape index (κ1) is 81.9. The molecule has 25 heteroatoms. The van der Waals surface area contributed by atoms with Crippen LogP contribution < -0.4 is 21.3 Å². The van der Waals surface area contributed by atoms with Gasteiger partial charge >= 0.3 is 0 Å². The van der Waals surface area contributed by atoms with E-state index in [2.05, 4.69) is 26.2 Å². The standard InChI is InChI=1S/C67H120N12O13/c1-25-27-29-45(15)56(81)55-60(85)70-48(26-2)62(87)72(18)38-53(80)73(19)49(34-39(3)4)59(84)71-54(43(11)12)65(90)74(20)50(35-40(5)6)58(83)68-46(16)57(82)69-47(17)61(86)75(21)51(36-41(7)8)63(88)76(22)52(37-42(9)10)64(89)78(24)67(44(13)14,66(91)77(55)23)92-33-32-79-30-28-31-79/h25,27,39-52,54-56,81H,26,28-38H2,1-24H3,(H,68,83)(H,69,82)(H,70,85)(H,71,84)/b27-25+/t45-,46+,47-,48+,49+,50+,51+,52+,54+,55+,56-,67+/m1/s1. The molecular formula is C67H120N12O13. The highest BCUT2D eigenvalue weighted by Crippen LogP contribution is 2.33. The van der Waals surface area contributed by atoms with Crippen molar-refractivity contribution in [2.24, 2.45) is 41.4 Å². The summed E-state index contributed by atoms with van der Waals surface area (Å²) in [6.45, 7) is 31.2. The number of amides is 11. The highest BCUT2D eigenvalue weighted by atomic mass is 16.5. The number of hydrogen-bond acceptors (Lipinski definition) is 14. The summed E-state index contributed by atoms with van der Waals surface area (Å²) in [5, 5.41) is 23.5. The second-order valence-electron chi connectivity index (χ2n) is 28.2. The number of nitrogens with one attached hydrogen (secondary N) is 4. The zero-order valence-corrected chi connectivity index (χ0v) is 60.4. The van der Waals surface area contributed by atoms with Crippen LogP contribution in [0.4, 0.5) is 0 Å². The molecule has 11 amide bonds. The molecule has 2 rings (SSSR count). The molecule has 2 saturated heterocycles. The number of rotatable bonds is 19. The number of likely N-dealkylation sites (N-methyl/N-ethyl adjacent to an activating group) is 7. The Hall–Kier alpha value is -6.21. The average Bonchev–Trinajstić information content (AvgIpc) is 0.759. The van der Waals surface area contributed by atoms with Crippen molar-refractivity contribution in [2.45, 2.75) is 229 Å². The van der Waals surface area contributed by atoms with Crippen molar-refractivity contribution >= 4 is 65.0 Å². The van der Waals surface area contributed by atoms with Crippen LogP contribution in [0.25, 0.3) is 0 Å². The molecule has 0 bridgehead atoms. The first-order valence-corrected chi connectivity index (χ1v) is 33.4. The SMILES string of the molecule is C/C=C/C[C@@H](C)[C@@H](O)[C@H]1C(=O)N[C@@H](CC)C(=O)N(C)CC(=O)N(C)[C@@H](CC(C)C)C(=O)N[C@@H](C(C)C)C(=O)N(C)[C@@H](CC(C)C)C(=O)N[C@@H](C)C(=O)N[C@H](C)C(=O)N(C)[C@@H](CC(C)C)C(=O)N(C)[C@@H](CC(C)C)C(=O)N(C)[C@](OCCN2CCC2)(C(C)C)C(=O)N1C. The Morgan fingerprint density at radius 2 is 1.02 bits per heavy atom. The molecule has 5 N–H and O–H groups in total. The molecule has 0 unspecified atom stereocenters. The minimum absolute atomic E-state index is 0.00399. The van der Waals surface area contributed by atoms with E-state index in [1.54, 1.807) is 54.5 Å². The molecule has 0 aromatic heterocycles. The second-order valence-corrected chi connectivity index (χ2v) is 28.2. The van der Waals surface area contributed by atoms with Crippen LogP contribution in [-0.4, -0.2) is 258 Å². The van der Waals surface area contributed by atoms with Gasteiger partial charge in [0.25, 0.3) is 5.91 Å². The topological polar surface area (TPSA) is 291 Å². The van der Waals surface area contributed by atoms with E-state index in [9.17, 15) is 38.7 Å². The van der Waals surface area contributed by atoms with E-state index in [1.807, 2.05) is 61.5 Å². The fourth-order valence-corrected chi connectivity index (χ4v) is 11.9. The van der Waals surface area contributed by atoms with Crippen LogP contribution >= 0.6 is 0 Å². The number of carbonyl (C=O) groups is 11. The van der Waals surface area contributed by atoms with Gasteiger partial charge in [-0.15, -0.1) is 0 Å². The van der Waals surface area contributed by atoms with Gasteiger partial charge in [0.15, 0.2) is 0 Å². The number of ether oxygens (including phenoxy) is 1. The number of carbonyl (C=O) groups excluding carboxylic acids is 11. The quantitative estimate of drug-likeness (QED) is 0.116. The molecule has 2 fully saturated rings. The fourth-order valence-electron chi connectivity index (χ4n) is 11.9. The Morgan fingerprint density at radius 3 is 1.49 bits per heavy atom. The minimum Gasteiger partial charge on any atom is -0.390 e. The molecular weight excluding hydrogens is 1180 g/mol. The van der Waals surface area contributed by atoms with Crippen molar-refractivity contribution < 1.29 is 62.6 Å². The highest BCUT2D eigenvalue weighted by molar-refractivity contribution is 6.00. The summed E-state index contributed by atoms with van der Waals surface area (Å²) < 4.78 is 6.80. The van der Waals surface area contributed by atoms with Crippen molar-refractivity contribution in [1.29, 1.82) is 0 Å². The molecule has 0 saturated carbocycles. The van der Waals surface area contributed by atoms with Gasteiger partial charge in [-0.2, -0.15) is 0 Å². The van der Waals surface area contributed by atoms with Crippen LogP contribution in [0.3, 0.4) is 0 Å². The van der Waals surface area contributed by atoms with Gasteiger partial charge in [-0.1, -0.05) is 109 Å². The maximum atomic E-state index is 16.1. The Bertz CT molecular complexity index is 2540. The van der Waals surface area contributed by atoms with E-state index >= 15 is 19.2 Å². The lowest BCUT2D eigenvalue weighted by Crippen LogP contribution is -2.70. The third-order valence-electron chi connectivity index (χ3n) is 18.0. The molecule has 0 radical (unpaired) electrons. The van der Waals surface area contributed by atoms with Gasteiger partial charge in [0, 0.05) is 61.8 Å². The van der Waals surface area contributed by atoms with Crippen molar-refractivity contribution in [3.63, 3.8) is 0 Å². The summed E-state index contributed by atoms with van der Waals surface area (Å²) in [6, 6.07) is -11.4. The van der Waals surface area contributed by atoms with Gasteiger partial charge in [-0.25, -0.2) is 0 Å². The number of hydrogen-bond donors (Lipinski definition) is 5. The minimum atomic E-state index is -2.21. The molecule has 526 valence electrons. The molecule has 0 aromatic carbocycles. The summed E-state index contributed by atoms with van der Waals surface area (Å²) in [5.41, 5.74) is -2.21. The van der Waals surface area contributed by atoms with E-state index in [-0.39, 0.29) is 68.8 Å². The third kappa shape index (κ3) is 21.7. The number of allylic oxidation sites excluding steroid dienone is 2. The number of likely N-dealkylation sites (tertiary alicyclic amines) is 1. The molecule has 0 aromatic rings. The molecule has 2 aliphatic heterocycles. The van der Waals surface area contributed by atoms with Gasteiger partial charge < -0.3 is 70.3 Å². The molecule has 92 heavy (non-hydrogen) atoms. The van der Waals surface area contributed by atoms with Crippen LogP contribution in [0, 0.1) is 41.4 Å². The van der Waals surface area contributed by atoms with Crippen LogP contribution in [0.5, 0.6) is 0 Å². The number of aliphatic hydroxyl groups excluding tert-OH is 1. The number of nitrogens with zero attached hydrogens (tertiary/aromatic N) is 8. The largest absolute Gasteiger partial charge is 0.390 e. The molecule has 0 spiro atoms. The average molecular weight is 1300 g/mol. The van der Waals surface area contributed by atoms with E-state index in [4.69, 9.17) is 4.74 Å². The normalized spacial score (nSPS) is 27.5. The zero-order valence-electron chi connectivity index (χ0n) is 60.4. The predicted octanol–water partition coefficient (Wildman–Crippen LogP) is 3.32. The van der Waals surface area contributed by atoms with E-state index in [1.165, 1.54) is 87.7 Å². The lowest BCUT2D eigenvalue weighted by atomic mass is 9.89. The van der Waals surface area contributed by atoms with Crippen LogP contribution in [0.1, 0.15) is 163 Å². The first-order chi connectivity index (χ1) is 42.7. The number of aliphatic hydroxyl groups is 1.